The van der Waals surface area contributed by atoms with Crippen molar-refractivity contribution in [3.8, 4) is 11.5 Å². The molecule has 94 valence electrons. The lowest BCUT2D eigenvalue weighted by atomic mass is 10.1. The van der Waals surface area contributed by atoms with Crippen LogP contribution in [0.2, 0.25) is 0 Å². The van der Waals surface area contributed by atoms with Crippen molar-refractivity contribution in [3.63, 3.8) is 0 Å². The molecule has 0 saturated carbocycles. The molecule has 0 radical (unpaired) electrons. The zero-order chi connectivity index (χ0) is 13.1. The highest BCUT2D eigenvalue weighted by atomic mass is 79.9. The fourth-order valence-electron chi connectivity index (χ4n) is 1.56. The minimum Gasteiger partial charge on any atom is -0.493 e. The van der Waals surface area contributed by atoms with Crippen LogP contribution in [0.3, 0.4) is 0 Å². The predicted molar refractivity (Wildman–Crippen MR) is 75.0 cm³/mol. The number of ketones is 1. The SMILES string of the molecule is COc1ccc(C(=O)c2ccc(Br)s2)cc1OC. The first-order valence-electron chi connectivity index (χ1n) is 5.17. The molecule has 1 aromatic carbocycles. The van der Waals surface area contributed by atoms with Crippen LogP contribution in [0.4, 0.5) is 0 Å². The van der Waals surface area contributed by atoms with Crippen LogP contribution in [0.25, 0.3) is 0 Å². The van der Waals surface area contributed by atoms with Crippen LogP contribution >= 0.6 is 27.3 Å². The number of methoxy groups -OCH3 is 2. The third kappa shape index (κ3) is 2.57. The Bertz CT molecular complexity index is 577. The molecule has 2 rings (SSSR count). The van der Waals surface area contributed by atoms with Gasteiger partial charge >= 0.3 is 0 Å². The monoisotopic (exact) mass is 326 g/mol. The highest BCUT2D eigenvalue weighted by molar-refractivity contribution is 9.11. The maximum Gasteiger partial charge on any atom is 0.203 e. The highest BCUT2D eigenvalue weighted by Crippen LogP contribution is 2.30. The van der Waals surface area contributed by atoms with E-state index in [1.807, 2.05) is 6.07 Å². The van der Waals surface area contributed by atoms with E-state index in [0.717, 1.165) is 3.79 Å². The number of halogens is 1. The number of ether oxygens (including phenoxy) is 2. The fourth-order valence-corrected chi connectivity index (χ4v) is 2.90. The standard InChI is InChI=1S/C13H11BrO3S/c1-16-9-4-3-8(7-10(9)17-2)13(15)11-5-6-12(14)18-11/h3-7H,1-2H3. The molecule has 5 heteroatoms. The van der Waals surface area contributed by atoms with Crippen molar-refractivity contribution in [2.45, 2.75) is 0 Å². The molecule has 18 heavy (non-hydrogen) atoms. The molecule has 0 bridgehead atoms. The first-order chi connectivity index (χ1) is 8.65. The van der Waals surface area contributed by atoms with Gasteiger partial charge in [-0.2, -0.15) is 0 Å². The lowest BCUT2D eigenvalue weighted by Gasteiger charge is -2.08. The Morgan fingerprint density at radius 1 is 1.11 bits per heavy atom. The zero-order valence-electron chi connectivity index (χ0n) is 9.90. The number of rotatable bonds is 4. The molecule has 1 heterocycles. The van der Waals surface area contributed by atoms with Crippen LogP contribution < -0.4 is 9.47 Å². The summed E-state index contributed by atoms with van der Waals surface area (Å²) in [4.78, 5) is 12.9. The van der Waals surface area contributed by atoms with E-state index in [0.29, 0.717) is 21.9 Å². The van der Waals surface area contributed by atoms with Gasteiger partial charge in [0, 0.05) is 5.56 Å². The minimum absolute atomic E-state index is 0.0216. The van der Waals surface area contributed by atoms with E-state index >= 15 is 0 Å². The largest absolute Gasteiger partial charge is 0.493 e. The maximum atomic E-state index is 12.2. The third-order valence-corrected chi connectivity index (χ3v) is 4.07. The Morgan fingerprint density at radius 2 is 1.83 bits per heavy atom. The van der Waals surface area contributed by atoms with Crippen LogP contribution in [0.1, 0.15) is 15.2 Å². The molecule has 3 nitrogen and oxygen atoms in total. The topological polar surface area (TPSA) is 35.5 Å². The summed E-state index contributed by atoms with van der Waals surface area (Å²) in [5, 5.41) is 0. The number of hydrogen-bond donors (Lipinski definition) is 0. The van der Waals surface area contributed by atoms with Gasteiger partial charge in [-0.3, -0.25) is 4.79 Å². The van der Waals surface area contributed by atoms with Gasteiger partial charge in [0.2, 0.25) is 5.78 Å². The van der Waals surface area contributed by atoms with Crippen molar-refractivity contribution in [2.24, 2.45) is 0 Å². The molecular weight excluding hydrogens is 316 g/mol. The Balaban J connectivity index is 2.36. The van der Waals surface area contributed by atoms with Crippen molar-refractivity contribution < 1.29 is 14.3 Å². The summed E-state index contributed by atoms with van der Waals surface area (Å²) >= 11 is 4.75. The first-order valence-corrected chi connectivity index (χ1v) is 6.78. The van der Waals surface area contributed by atoms with Gasteiger partial charge in [0.25, 0.3) is 0 Å². The molecule has 0 aliphatic heterocycles. The van der Waals surface area contributed by atoms with Crippen molar-refractivity contribution in [3.05, 3.63) is 44.6 Å². The van der Waals surface area contributed by atoms with Gasteiger partial charge in [-0.05, 0) is 46.3 Å². The average Bonchev–Trinajstić information content (AvgIpc) is 2.83. The van der Waals surface area contributed by atoms with Gasteiger partial charge in [-0.15, -0.1) is 11.3 Å². The number of benzene rings is 1. The second-order valence-corrected chi connectivity index (χ2v) is 5.97. The van der Waals surface area contributed by atoms with Crippen molar-refractivity contribution in [1.82, 2.24) is 0 Å². The molecule has 0 amide bonds. The summed E-state index contributed by atoms with van der Waals surface area (Å²) < 4.78 is 11.3. The van der Waals surface area contributed by atoms with Crippen molar-refractivity contribution in [1.29, 1.82) is 0 Å². The average molecular weight is 327 g/mol. The van der Waals surface area contributed by atoms with E-state index in [1.54, 1.807) is 38.5 Å². The van der Waals surface area contributed by atoms with Gasteiger partial charge in [0.15, 0.2) is 11.5 Å². The molecule has 1 aromatic heterocycles. The number of carbonyl (C=O) groups excluding carboxylic acids is 1. The summed E-state index contributed by atoms with van der Waals surface area (Å²) in [5.74, 6) is 1.15. The van der Waals surface area contributed by atoms with E-state index in [-0.39, 0.29) is 5.78 Å². The smallest absolute Gasteiger partial charge is 0.203 e. The van der Waals surface area contributed by atoms with Crippen LogP contribution in [0.5, 0.6) is 11.5 Å². The van der Waals surface area contributed by atoms with Crippen LogP contribution in [0, 0.1) is 0 Å². The van der Waals surface area contributed by atoms with E-state index in [2.05, 4.69) is 15.9 Å². The lowest BCUT2D eigenvalue weighted by molar-refractivity contribution is 0.104. The van der Waals surface area contributed by atoms with E-state index < -0.39 is 0 Å². The first kappa shape index (κ1) is 13.1. The Labute approximate surface area is 117 Å². The minimum atomic E-state index is -0.0216. The number of thiophene rings is 1. The lowest BCUT2D eigenvalue weighted by Crippen LogP contribution is -2.00. The summed E-state index contributed by atoms with van der Waals surface area (Å²) in [5.41, 5.74) is 0.585. The second-order valence-electron chi connectivity index (χ2n) is 3.50. The fraction of sp³-hybridized carbons (Fsp3) is 0.154. The normalized spacial score (nSPS) is 10.2. The van der Waals surface area contributed by atoms with Gasteiger partial charge in [-0.25, -0.2) is 0 Å². The second kappa shape index (κ2) is 5.54. The highest BCUT2D eigenvalue weighted by Gasteiger charge is 2.14. The quantitative estimate of drug-likeness (QED) is 0.802. The summed E-state index contributed by atoms with van der Waals surface area (Å²) in [6.45, 7) is 0. The van der Waals surface area contributed by atoms with Crippen LogP contribution in [-0.2, 0) is 0 Å². The number of hydrogen-bond acceptors (Lipinski definition) is 4. The molecule has 0 N–H and O–H groups in total. The van der Waals surface area contributed by atoms with E-state index in [1.165, 1.54) is 11.3 Å². The maximum absolute atomic E-state index is 12.2. The van der Waals surface area contributed by atoms with Crippen LogP contribution in [-0.4, -0.2) is 20.0 Å². The van der Waals surface area contributed by atoms with Crippen molar-refractivity contribution >= 4 is 33.0 Å². The molecule has 0 unspecified atom stereocenters. The molecule has 0 fully saturated rings. The van der Waals surface area contributed by atoms with E-state index in [4.69, 9.17) is 9.47 Å². The van der Waals surface area contributed by atoms with Crippen molar-refractivity contribution in [2.75, 3.05) is 14.2 Å². The Hall–Kier alpha value is -1.33. The summed E-state index contributed by atoms with van der Waals surface area (Å²) in [6.07, 6.45) is 0. The predicted octanol–water partition coefficient (Wildman–Crippen LogP) is 3.76. The Morgan fingerprint density at radius 3 is 2.39 bits per heavy atom. The van der Waals surface area contributed by atoms with E-state index in [9.17, 15) is 4.79 Å². The molecule has 2 aromatic rings. The van der Waals surface area contributed by atoms with Gasteiger partial charge in [-0.1, -0.05) is 0 Å². The molecule has 0 aliphatic rings. The summed E-state index contributed by atoms with van der Waals surface area (Å²) in [6, 6.07) is 8.81. The molecule has 0 saturated heterocycles. The Kier molecular flexibility index (Phi) is 4.04. The third-order valence-electron chi connectivity index (χ3n) is 2.44. The number of carbonyl (C=O) groups is 1. The molecule has 0 spiro atoms. The summed E-state index contributed by atoms with van der Waals surface area (Å²) in [7, 11) is 3.11. The van der Waals surface area contributed by atoms with Gasteiger partial charge in [0.05, 0.1) is 22.9 Å². The zero-order valence-corrected chi connectivity index (χ0v) is 12.3. The van der Waals surface area contributed by atoms with Crippen LogP contribution in [0.15, 0.2) is 34.1 Å². The van der Waals surface area contributed by atoms with Gasteiger partial charge in [0.1, 0.15) is 0 Å². The van der Waals surface area contributed by atoms with Gasteiger partial charge < -0.3 is 9.47 Å². The molecular formula is C13H11BrO3S. The molecule has 0 aliphatic carbocycles. The molecule has 0 atom stereocenters.